The van der Waals surface area contributed by atoms with Crippen LogP contribution in [-0.2, 0) is 0 Å². The first-order chi connectivity index (χ1) is 5.20. The van der Waals surface area contributed by atoms with E-state index in [0.29, 0.717) is 0 Å². The summed E-state index contributed by atoms with van der Waals surface area (Å²) < 4.78 is 0. The van der Waals surface area contributed by atoms with Gasteiger partial charge in [-0.05, 0) is 18.3 Å². The lowest BCUT2D eigenvalue weighted by Gasteiger charge is -2.04. The molecule has 0 aliphatic carbocycles. The Kier molecular flexibility index (Phi) is 6.30. The molecule has 0 aromatic heterocycles. The second kappa shape index (κ2) is 6.45. The van der Waals surface area contributed by atoms with Gasteiger partial charge < -0.3 is 0 Å². The van der Waals surface area contributed by atoms with Crippen molar-refractivity contribution in [2.75, 3.05) is 0 Å². The van der Waals surface area contributed by atoms with E-state index in [1.807, 2.05) is 0 Å². The van der Waals surface area contributed by atoms with Crippen molar-refractivity contribution in [3.63, 3.8) is 0 Å². The first kappa shape index (κ1) is 10.7. The maximum atomic E-state index is 2.36. The Labute approximate surface area is 71.7 Å². The topological polar surface area (TPSA) is 0 Å². The van der Waals surface area contributed by atoms with Gasteiger partial charge in [-0.25, -0.2) is 0 Å². The highest BCUT2D eigenvalue weighted by Crippen LogP contribution is 2.09. The standard InChI is InChI=1S/C11H22/c1-5-7-11(4)9-8-10(3)6-2/h8-11H,5-7H2,1-4H3/b9-8+/t10-,11-/m1/s1. The van der Waals surface area contributed by atoms with Gasteiger partial charge >= 0.3 is 0 Å². The Morgan fingerprint density at radius 2 is 1.55 bits per heavy atom. The predicted octanol–water partition coefficient (Wildman–Crippen LogP) is 4.02. The zero-order valence-electron chi connectivity index (χ0n) is 8.43. The zero-order chi connectivity index (χ0) is 8.69. The first-order valence-corrected chi connectivity index (χ1v) is 4.89. The van der Waals surface area contributed by atoms with Crippen LogP contribution in [0.4, 0.5) is 0 Å². The van der Waals surface area contributed by atoms with Crippen molar-refractivity contribution in [3.05, 3.63) is 12.2 Å². The van der Waals surface area contributed by atoms with Crippen LogP contribution in [0.2, 0.25) is 0 Å². The number of hydrogen-bond acceptors (Lipinski definition) is 0. The lowest BCUT2D eigenvalue weighted by Crippen LogP contribution is -1.90. The van der Waals surface area contributed by atoms with Crippen molar-refractivity contribution in [1.82, 2.24) is 0 Å². The Morgan fingerprint density at radius 3 is 2.00 bits per heavy atom. The number of allylic oxidation sites excluding steroid dienone is 2. The summed E-state index contributed by atoms with van der Waals surface area (Å²) in [6, 6.07) is 0. The summed E-state index contributed by atoms with van der Waals surface area (Å²) in [6.07, 6.45) is 8.59. The van der Waals surface area contributed by atoms with Crippen LogP contribution in [0, 0.1) is 11.8 Å². The molecular formula is C11H22. The molecule has 0 radical (unpaired) electrons. The third kappa shape index (κ3) is 6.15. The van der Waals surface area contributed by atoms with Gasteiger partial charge in [0.25, 0.3) is 0 Å². The quantitative estimate of drug-likeness (QED) is 0.524. The van der Waals surface area contributed by atoms with E-state index in [0.717, 1.165) is 11.8 Å². The van der Waals surface area contributed by atoms with Gasteiger partial charge in [0.05, 0.1) is 0 Å². The van der Waals surface area contributed by atoms with Crippen LogP contribution in [0.15, 0.2) is 12.2 Å². The minimum absolute atomic E-state index is 0.759. The minimum atomic E-state index is 0.759. The van der Waals surface area contributed by atoms with E-state index in [1.54, 1.807) is 0 Å². The van der Waals surface area contributed by atoms with E-state index in [9.17, 15) is 0 Å². The molecule has 0 heterocycles. The average Bonchev–Trinajstić information content (AvgIpc) is 2.01. The van der Waals surface area contributed by atoms with Crippen molar-refractivity contribution in [2.45, 2.75) is 47.0 Å². The summed E-state index contributed by atoms with van der Waals surface area (Å²) in [7, 11) is 0. The van der Waals surface area contributed by atoms with Gasteiger partial charge in [0.15, 0.2) is 0 Å². The second-order valence-electron chi connectivity index (χ2n) is 3.54. The summed E-state index contributed by atoms with van der Waals surface area (Å²) in [4.78, 5) is 0. The van der Waals surface area contributed by atoms with Crippen molar-refractivity contribution < 1.29 is 0 Å². The molecule has 0 rings (SSSR count). The molecule has 2 atom stereocenters. The molecule has 0 saturated heterocycles. The molecular weight excluding hydrogens is 132 g/mol. The maximum Gasteiger partial charge on any atom is -0.0262 e. The molecule has 0 fully saturated rings. The highest BCUT2D eigenvalue weighted by Gasteiger charge is 1.95. The fraction of sp³-hybridized carbons (Fsp3) is 0.818. The lowest BCUT2D eigenvalue weighted by atomic mass is 10.0. The van der Waals surface area contributed by atoms with Crippen molar-refractivity contribution in [3.8, 4) is 0 Å². The van der Waals surface area contributed by atoms with Gasteiger partial charge in [-0.2, -0.15) is 0 Å². The molecule has 0 nitrogen and oxygen atoms in total. The highest BCUT2D eigenvalue weighted by atomic mass is 14.0. The van der Waals surface area contributed by atoms with E-state index < -0.39 is 0 Å². The Morgan fingerprint density at radius 1 is 1.00 bits per heavy atom. The van der Waals surface area contributed by atoms with Crippen LogP contribution in [0.25, 0.3) is 0 Å². The Bertz CT molecular complexity index is 103. The molecule has 0 N–H and O–H groups in total. The third-order valence-electron chi connectivity index (χ3n) is 2.16. The number of rotatable bonds is 5. The van der Waals surface area contributed by atoms with Gasteiger partial charge in [0.2, 0.25) is 0 Å². The van der Waals surface area contributed by atoms with Crippen LogP contribution in [0.5, 0.6) is 0 Å². The Hall–Kier alpha value is -0.260. The van der Waals surface area contributed by atoms with Crippen LogP contribution in [-0.4, -0.2) is 0 Å². The summed E-state index contributed by atoms with van der Waals surface area (Å²) in [5.41, 5.74) is 0. The van der Waals surface area contributed by atoms with Gasteiger partial charge in [-0.1, -0.05) is 52.7 Å². The molecule has 0 saturated carbocycles. The van der Waals surface area contributed by atoms with Crippen molar-refractivity contribution in [1.29, 1.82) is 0 Å². The summed E-state index contributed by atoms with van der Waals surface area (Å²) >= 11 is 0. The van der Waals surface area contributed by atoms with Gasteiger partial charge in [-0.3, -0.25) is 0 Å². The summed E-state index contributed by atoms with van der Waals surface area (Å²) in [6.45, 7) is 9.05. The molecule has 0 aromatic carbocycles. The van der Waals surface area contributed by atoms with E-state index in [2.05, 4.69) is 39.8 Å². The monoisotopic (exact) mass is 154 g/mol. The predicted molar refractivity (Wildman–Crippen MR) is 52.7 cm³/mol. The van der Waals surface area contributed by atoms with Crippen LogP contribution in [0.1, 0.15) is 47.0 Å². The van der Waals surface area contributed by atoms with Crippen LogP contribution >= 0.6 is 0 Å². The summed E-state index contributed by atoms with van der Waals surface area (Å²) in [5, 5.41) is 0. The summed E-state index contributed by atoms with van der Waals surface area (Å²) in [5.74, 6) is 1.53. The van der Waals surface area contributed by atoms with Gasteiger partial charge in [0, 0.05) is 0 Å². The normalized spacial score (nSPS) is 17.1. The Balaban J connectivity index is 3.54. The molecule has 0 aromatic rings. The zero-order valence-corrected chi connectivity index (χ0v) is 8.43. The van der Waals surface area contributed by atoms with Crippen molar-refractivity contribution in [2.24, 2.45) is 11.8 Å². The van der Waals surface area contributed by atoms with E-state index in [-0.39, 0.29) is 0 Å². The number of hydrogen-bond donors (Lipinski definition) is 0. The average molecular weight is 154 g/mol. The molecule has 0 unspecified atom stereocenters. The SMILES string of the molecule is CCC[C@@H](C)/C=C/[C@H](C)CC. The first-order valence-electron chi connectivity index (χ1n) is 4.89. The van der Waals surface area contributed by atoms with E-state index in [1.165, 1.54) is 19.3 Å². The highest BCUT2D eigenvalue weighted by molar-refractivity contribution is 4.89. The molecule has 0 aliphatic rings. The molecule has 66 valence electrons. The van der Waals surface area contributed by atoms with Gasteiger partial charge in [0.1, 0.15) is 0 Å². The molecule has 0 amide bonds. The fourth-order valence-electron chi connectivity index (χ4n) is 1.07. The second-order valence-corrected chi connectivity index (χ2v) is 3.54. The smallest absolute Gasteiger partial charge is 0.0262 e. The van der Waals surface area contributed by atoms with Crippen LogP contribution in [0.3, 0.4) is 0 Å². The van der Waals surface area contributed by atoms with E-state index in [4.69, 9.17) is 0 Å². The molecule has 0 heteroatoms. The fourth-order valence-corrected chi connectivity index (χ4v) is 1.07. The largest absolute Gasteiger partial charge is 0.0854 e. The molecule has 0 bridgehead atoms. The molecule has 0 aliphatic heterocycles. The van der Waals surface area contributed by atoms with Crippen molar-refractivity contribution >= 4 is 0 Å². The maximum absolute atomic E-state index is 2.36. The van der Waals surface area contributed by atoms with E-state index >= 15 is 0 Å². The third-order valence-corrected chi connectivity index (χ3v) is 2.16. The molecule has 0 spiro atoms. The lowest BCUT2D eigenvalue weighted by molar-refractivity contribution is 0.619. The molecule has 11 heavy (non-hydrogen) atoms. The van der Waals surface area contributed by atoms with Crippen LogP contribution < -0.4 is 0 Å². The van der Waals surface area contributed by atoms with Gasteiger partial charge in [-0.15, -0.1) is 0 Å². The minimum Gasteiger partial charge on any atom is -0.0854 e.